The summed E-state index contributed by atoms with van der Waals surface area (Å²) in [6.45, 7) is 3.96. The maximum absolute atomic E-state index is 12.3. The van der Waals surface area contributed by atoms with Gasteiger partial charge in [0.05, 0.1) is 18.8 Å². The van der Waals surface area contributed by atoms with Gasteiger partial charge in [-0.15, -0.1) is 0 Å². The number of amides is 2. The number of likely N-dealkylation sites (tertiary alicyclic amines) is 1. The lowest BCUT2D eigenvalue weighted by molar-refractivity contribution is -0.123. The molecule has 1 saturated carbocycles. The lowest BCUT2D eigenvalue weighted by Gasteiger charge is -2.29. The van der Waals surface area contributed by atoms with Crippen LogP contribution in [0.15, 0.2) is 12.3 Å². The van der Waals surface area contributed by atoms with Gasteiger partial charge in [-0.3, -0.25) is 14.5 Å². The fourth-order valence-electron chi connectivity index (χ4n) is 3.28. The molecule has 0 spiro atoms. The molecule has 0 aromatic carbocycles. The molecule has 2 fully saturated rings. The number of piperidine rings is 1. The second kappa shape index (κ2) is 6.70. The van der Waals surface area contributed by atoms with Gasteiger partial charge >= 0.3 is 0 Å². The Morgan fingerprint density at radius 1 is 1.35 bits per heavy atom. The minimum atomic E-state index is -0.230. The van der Waals surface area contributed by atoms with E-state index in [1.807, 2.05) is 10.7 Å². The summed E-state index contributed by atoms with van der Waals surface area (Å²) in [5, 5.41) is 7.31. The topological polar surface area (TPSA) is 93.2 Å². The molecule has 0 unspecified atom stereocenters. The van der Waals surface area contributed by atoms with Crippen molar-refractivity contribution >= 4 is 17.6 Å². The minimum absolute atomic E-state index is 0.0349. The van der Waals surface area contributed by atoms with E-state index >= 15 is 0 Å². The van der Waals surface area contributed by atoms with Gasteiger partial charge in [0.15, 0.2) is 0 Å². The number of rotatable bonds is 6. The van der Waals surface area contributed by atoms with Gasteiger partial charge in [-0.05, 0) is 51.6 Å². The van der Waals surface area contributed by atoms with E-state index in [4.69, 9.17) is 5.73 Å². The fourth-order valence-corrected chi connectivity index (χ4v) is 3.28. The molecular formula is C16H25N5O2. The van der Waals surface area contributed by atoms with Crippen molar-refractivity contribution in [3.05, 3.63) is 12.3 Å². The highest BCUT2D eigenvalue weighted by atomic mass is 16.2. The van der Waals surface area contributed by atoms with Crippen LogP contribution in [0.2, 0.25) is 0 Å². The Kier molecular flexibility index (Phi) is 4.66. The van der Waals surface area contributed by atoms with Gasteiger partial charge in [-0.1, -0.05) is 0 Å². The molecule has 2 heterocycles. The number of hydrogen-bond donors (Lipinski definition) is 2. The summed E-state index contributed by atoms with van der Waals surface area (Å²) in [4.78, 5) is 25.5. The number of nitrogens with two attached hydrogens (primary N) is 1. The molecule has 2 aliphatic rings. The average molecular weight is 319 g/mol. The van der Waals surface area contributed by atoms with E-state index in [0.717, 1.165) is 31.7 Å². The molecule has 0 bridgehead atoms. The lowest BCUT2D eigenvalue weighted by atomic mass is 9.96. The number of anilines is 1. The molecule has 3 N–H and O–H groups in total. The number of carbonyl (C=O) groups excluding carboxylic acids is 2. The Morgan fingerprint density at radius 2 is 2.04 bits per heavy atom. The zero-order chi connectivity index (χ0) is 16.4. The second-order valence-electron chi connectivity index (χ2n) is 6.74. The first-order valence-corrected chi connectivity index (χ1v) is 8.39. The van der Waals surface area contributed by atoms with Crippen molar-refractivity contribution in [1.82, 2.24) is 14.7 Å². The smallest absolute Gasteiger partial charge is 0.239 e. The van der Waals surface area contributed by atoms with Crippen LogP contribution in [-0.4, -0.2) is 46.1 Å². The van der Waals surface area contributed by atoms with Crippen LogP contribution in [0.25, 0.3) is 0 Å². The van der Waals surface area contributed by atoms with Crippen LogP contribution in [0.5, 0.6) is 0 Å². The van der Waals surface area contributed by atoms with Gasteiger partial charge < -0.3 is 11.1 Å². The van der Waals surface area contributed by atoms with E-state index in [1.165, 1.54) is 12.8 Å². The predicted octanol–water partition coefficient (Wildman–Crippen LogP) is 0.990. The summed E-state index contributed by atoms with van der Waals surface area (Å²) in [5.41, 5.74) is 5.33. The van der Waals surface area contributed by atoms with Gasteiger partial charge in [0.25, 0.3) is 0 Å². The molecule has 1 aliphatic heterocycles. The predicted molar refractivity (Wildman–Crippen MR) is 86.7 cm³/mol. The Bertz CT molecular complexity index is 573. The summed E-state index contributed by atoms with van der Waals surface area (Å²) in [7, 11) is 0. The van der Waals surface area contributed by atoms with Gasteiger partial charge in [0.2, 0.25) is 11.8 Å². The Balaban J connectivity index is 1.50. The Labute approximate surface area is 136 Å². The average Bonchev–Trinajstić information content (AvgIpc) is 3.27. The van der Waals surface area contributed by atoms with Gasteiger partial charge in [0, 0.05) is 12.0 Å². The monoisotopic (exact) mass is 319 g/mol. The van der Waals surface area contributed by atoms with Crippen LogP contribution in [0.3, 0.4) is 0 Å². The van der Waals surface area contributed by atoms with E-state index in [-0.39, 0.29) is 17.7 Å². The van der Waals surface area contributed by atoms with Gasteiger partial charge in [-0.2, -0.15) is 5.10 Å². The van der Waals surface area contributed by atoms with Crippen LogP contribution < -0.4 is 11.1 Å². The number of nitrogens with one attached hydrogen (secondary N) is 1. The summed E-state index contributed by atoms with van der Waals surface area (Å²) >= 11 is 0. The number of aromatic nitrogens is 2. The van der Waals surface area contributed by atoms with Crippen LogP contribution in [0.4, 0.5) is 5.82 Å². The van der Waals surface area contributed by atoms with E-state index in [9.17, 15) is 9.59 Å². The van der Waals surface area contributed by atoms with E-state index in [0.29, 0.717) is 18.5 Å². The number of nitrogens with zero attached hydrogens (tertiary/aromatic N) is 3. The quantitative estimate of drug-likeness (QED) is 0.817. The molecule has 7 nitrogen and oxygen atoms in total. The SMILES string of the molecule is C[C@@H](C1CC1)n1nccc1NC(=O)CN1CCC(C(N)=O)CC1. The minimum Gasteiger partial charge on any atom is -0.369 e. The van der Waals surface area contributed by atoms with Crippen LogP contribution in [-0.2, 0) is 9.59 Å². The first-order chi connectivity index (χ1) is 11.0. The van der Waals surface area contributed by atoms with E-state index in [2.05, 4.69) is 22.2 Å². The molecule has 23 heavy (non-hydrogen) atoms. The third-order valence-electron chi connectivity index (χ3n) is 4.98. The zero-order valence-electron chi connectivity index (χ0n) is 13.6. The first kappa shape index (κ1) is 16.0. The van der Waals surface area contributed by atoms with Crippen LogP contribution in [0, 0.1) is 11.8 Å². The molecule has 126 valence electrons. The highest BCUT2D eigenvalue weighted by Gasteiger charge is 2.31. The maximum Gasteiger partial charge on any atom is 0.239 e. The third-order valence-corrected chi connectivity index (χ3v) is 4.98. The highest BCUT2D eigenvalue weighted by molar-refractivity contribution is 5.91. The molecule has 1 aromatic rings. The van der Waals surface area contributed by atoms with Crippen molar-refractivity contribution in [1.29, 1.82) is 0 Å². The van der Waals surface area contributed by atoms with Crippen molar-refractivity contribution < 1.29 is 9.59 Å². The maximum atomic E-state index is 12.3. The van der Waals surface area contributed by atoms with Crippen molar-refractivity contribution in [3.63, 3.8) is 0 Å². The van der Waals surface area contributed by atoms with Crippen molar-refractivity contribution in [2.75, 3.05) is 25.0 Å². The summed E-state index contributed by atoms with van der Waals surface area (Å²) in [6.07, 6.45) is 5.68. The van der Waals surface area contributed by atoms with Gasteiger partial charge in [-0.25, -0.2) is 4.68 Å². The standard InChI is InChI=1S/C16H25N5O2/c1-11(12-2-3-12)21-14(4-7-18-21)19-15(22)10-20-8-5-13(6-9-20)16(17)23/h4,7,11-13H,2-3,5-6,8-10H2,1H3,(H2,17,23)(H,19,22)/t11-/m0/s1. The molecule has 1 aromatic heterocycles. The summed E-state index contributed by atoms with van der Waals surface area (Å²) in [5.74, 6) is 1.13. The Morgan fingerprint density at radius 3 is 2.65 bits per heavy atom. The summed E-state index contributed by atoms with van der Waals surface area (Å²) in [6, 6.07) is 2.17. The largest absolute Gasteiger partial charge is 0.369 e. The van der Waals surface area contributed by atoms with Crippen molar-refractivity contribution in [3.8, 4) is 0 Å². The summed E-state index contributed by atoms with van der Waals surface area (Å²) < 4.78 is 1.91. The van der Waals surface area contributed by atoms with Crippen molar-refractivity contribution in [2.45, 2.75) is 38.6 Å². The lowest BCUT2D eigenvalue weighted by Crippen LogP contribution is -2.42. The zero-order valence-corrected chi connectivity index (χ0v) is 13.6. The molecule has 2 amide bonds. The molecule has 0 radical (unpaired) electrons. The van der Waals surface area contributed by atoms with E-state index < -0.39 is 0 Å². The van der Waals surface area contributed by atoms with E-state index in [1.54, 1.807) is 6.20 Å². The molecule has 1 saturated heterocycles. The van der Waals surface area contributed by atoms with Crippen LogP contribution in [0.1, 0.15) is 38.6 Å². The molecule has 7 heteroatoms. The first-order valence-electron chi connectivity index (χ1n) is 8.39. The third kappa shape index (κ3) is 3.90. The Hall–Kier alpha value is -1.89. The number of primary amides is 1. The highest BCUT2D eigenvalue weighted by Crippen LogP contribution is 2.40. The van der Waals surface area contributed by atoms with Crippen LogP contribution >= 0.6 is 0 Å². The molecule has 1 aliphatic carbocycles. The molecule has 1 atom stereocenters. The normalized spacial score (nSPS) is 21.1. The number of carbonyl (C=O) groups is 2. The fraction of sp³-hybridized carbons (Fsp3) is 0.688. The van der Waals surface area contributed by atoms with Crippen molar-refractivity contribution in [2.24, 2.45) is 17.6 Å². The number of hydrogen-bond acceptors (Lipinski definition) is 4. The second-order valence-corrected chi connectivity index (χ2v) is 6.74. The molecule has 3 rings (SSSR count). The molecular weight excluding hydrogens is 294 g/mol. The van der Waals surface area contributed by atoms with Gasteiger partial charge in [0.1, 0.15) is 5.82 Å².